The number of pyridine rings is 1. The molecule has 2 rings (SSSR count). The molecule has 1 unspecified atom stereocenters. The molecule has 2 heterocycles. The lowest BCUT2D eigenvalue weighted by Crippen LogP contribution is -2.33. The summed E-state index contributed by atoms with van der Waals surface area (Å²) < 4.78 is 54.3. The third kappa shape index (κ3) is 8.36. The summed E-state index contributed by atoms with van der Waals surface area (Å²) in [4.78, 5) is 15.9. The molecule has 0 radical (unpaired) electrons. The van der Waals surface area contributed by atoms with E-state index in [1.165, 1.54) is 18.3 Å². The van der Waals surface area contributed by atoms with Crippen LogP contribution in [0.1, 0.15) is 26.2 Å². The van der Waals surface area contributed by atoms with Crippen molar-refractivity contribution in [3.63, 3.8) is 0 Å². The van der Waals surface area contributed by atoms with Gasteiger partial charge in [0, 0.05) is 12.5 Å². The second kappa shape index (κ2) is 12.3. The minimum absolute atomic E-state index is 0. The SMILES string of the molecule is CC(CC(=O)Nc1ccc(OCC(F)(F)C(F)F)nc1)C1CCNCC1.Cl.Cl. The Morgan fingerprint density at radius 3 is 2.50 bits per heavy atom. The molecule has 11 heteroatoms. The maximum absolute atomic E-state index is 12.8. The molecule has 0 spiro atoms. The fraction of sp³-hybridized carbons (Fsp3) is 0.647. The normalized spacial score (nSPS) is 15.9. The topological polar surface area (TPSA) is 63.2 Å². The van der Waals surface area contributed by atoms with E-state index in [0.29, 0.717) is 18.0 Å². The lowest BCUT2D eigenvalue weighted by Gasteiger charge is -2.27. The first-order valence-electron chi connectivity index (χ1n) is 8.53. The van der Waals surface area contributed by atoms with Gasteiger partial charge in [-0.15, -0.1) is 24.8 Å². The van der Waals surface area contributed by atoms with Crippen molar-refractivity contribution in [1.82, 2.24) is 10.3 Å². The summed E-state index contributed by atoms with van der Waals surface area (Å²) in [6, 6.07) is 2.67. The highest BCUT2D eigenvalue weighted by atomic mass is 35.5. The summed E-state index contributed by atoms with van der Waals surface area (Å²) >= 11 is 0. The zero-order valence-electron chi connectivity index (χ0n) is 15.3. The van der Waals surface area contributed by atoms with Crippen LogP contribution in [0.15, 0.2) is 18.3 Å². The molecule has 1 saturated heterocycles. The number of carbonyl (C=O) groups is 1. The fourth-order valence-electron chi connectivity index (χ4n) is 2.86. The van der Waals surface area contributed by atoms with E-state index in [9.17, 15) is 22.4 Å². The molecular formula is C17H25Cl2F4N3O2. The van der Waals surface area contributed by atoms with Crippen LogP contribution in [0.3, 0.4) is 0 Å². The average molecular weight is 450 g/mol. The molecule has 2 N–H and O–H groups in total. The Balaban J connectivity index is 0.00000364. The van der Waals surface area contributed by atoms with Crippen molar-refractivity contribution in [2.24, 2.45) is 11.8 Å². The standard InChI is InChI=1S/C17H23F4N3O2.2ClH/c1-11(12-4-6-22-7-5-12)8-14(25)24-13-2-3-15(23-9-13)26-10-17(20,21)16(18)19;;/h2-3,9,11-12,16,22H,4-8,10H2,1H3,(H,24,25);2*1H. The van der Waals surface area contributed by atoms with Crippen molar-refractivity contribution < 1.29 is 27.1 Å². The average Bonchev–Trinajstić information content (AvgIpc) is 2.61. The molecule has 0 aromatic carbocycles. The van der Waals surface area contributed by atoms with E-state index in [-0.39, 0.29) is 42.5 Å². The molecule has 1 aromatic rings. The Labute approximate surface area is 173 Å². The Bertz CT molecular complexity index is 588. The van der Waals surface area contributed by atoms with Gasteiger partial charge in [0.1, 0.15) is 0 Å². The highest BCUT2D eigenvalue weighted by Gasteiger charge is 2.41. The van der Waals surface area contributed by atoms with Crippen molar-refractivity contribution in [2.75, 3.05) is 25.0 Å². The molecule has 28 heavy (non-hydrogen) atoms. The van der Waals surface area contributed by atoms with Crippen molar-refractivity contribution in [3.8, 4) is 5.88 Å². The molecule has 1 aliphatic heterocycles. The van der Waals surface area contributed by atoms with Crippen molar-refractivity contribution >= 4 is 36.4 Å². The van der Waals surface area contributed by atoms with E-state index < -0.39 is 19.0 Å². The second-order valence-corrected chi connectivity index (χ2v) is 6.55. The Morgan fingerprint density at radius 1 is 1.32 bits per heavy atom. The van der Waals surface area contributed by atoms with Gasteiger partial charge in [0.05, 0.1) is 11.9 Å². The zero-order chi connectivity index (χ0) is 19.2. The van der Waals surface area contributed by atoms with Gasteiger partial charge in [-0.25, -0.2) is 13.8 Å². The van der Waals surface area contributed by atoms with Gasteiger partial charge < -0.3 is 15.4 Å². The van der Waals surface area contributed by atoms with E-state index in [2.05, 4.69) is 20.4 Å². The van der Waals surface area contributed by atoms with Gasteiger partial charge in [-0.2, -0.15) is 8.78 Å². The third-order valence-electron chi connectivity index (χ3n) is 4.45. The number of hydrogen-bond acceptors (Lipinski definition) is 4. The molecular weight excluding hydrogens is 425 g/mol. The lowest BCUT2D eigenvalue weighted by molar-refractivity contribution is -0.148. The number of piperidine rings is 1. The zero-order valence-corrected chi connectivity index (χ0v) is 16.9. The van der Waals surface area contributed by atoms with Crippen molar-refractivity contribution in [3.05, 3.63) is 18.3 Å². The summed E-state index contributed by atoms with van der Waals surface area (Å²) in [6.07, 6.45) is -0.0914. The van der Waals surface area contributed by atoms with Gasteiger partial charge in [-0.3, -0.25) is 4.79 Å². The monoisotopic (exact) mass is 449 g/mol. The number of alkyl halides is 4. The van der Waals surface area contributed by atoms with Crippen LogP contribution < -0.4 is 15.4 Å². The summed E-state index contributed by atoms with van der Waals surface area (Å²) in [6.45, 7) is 2.52. The van der Waals surface area contributed by atoms with Crippen LogP contribution in [0, 0.1) is 11.8 Å². The quantitative estimate of drug-likeness (QED) is 0.584. The molecule has 1 aliphatic rings. The maximum Gasteiger partial charge on any atom is 0.340 e. The smallest absolute Gasteiger partial charge is 0.340 e. The summed E-state index contributed by atoms with van der Waals surface area (Å²) in [5.41, 5.74) is 0.389. The predicted molar refractivity (Wildman–Crippen MR) is 103 cm³/mol. The molecule has 1 aromatic heterocycles. The molecule has 1 amide bonds. The number of nitrogens with one attached hydrogen (secondary N) is 2. The second-order valence-electron chi connectivity index (χ2n) is 6.55. The van der Waals surface area contributed by atoms with Crippen molar-refractivity contribution in [2.45, 2.75) is 38.5 Å². The van der Waals surface area contributed by atoms with Crippen LogP contribution in [-0.2, 0) is 4.79 Å². The van der Waals surface area contributed by atoms with E-state index in [1.54, 1.807) is 0 Å². The van der Waals surface area contributed by atoms with Gasteiger partial charge >= 0.3 is 12.3 Å². The predicted octanol–water partition coefficient (Wildman–Crippen LogP) is 4.17. The minimum Gasteiger partial charge on any atom is -0.471 e. The number of anilines is 1. The van der Waals surface area contributed by atoms with E-state index >= 15 is 0 Å². The molecule has 1 atom stereocenters. The first-order valence-corrected chi connectivity index (χ1v) is 8.53. The number of amides is 1. The fourth-order valence-corrected chi connectivity index (χ4v) is 2.86. The van der Waals surface area contributed by atoms with Gasteiger partial charge in [0.15, 0.2) is 6.61 Å². The highest BCUT2D eigenvalue weighted by Crippen LogP contribution is 2.25. The number of carbonyl (C=O) groups excluding carboxylic acids is 1. The van der Waals surface area contributed by atoms with Gasteiger partial charge in [0.25, 0.3) is 0 Å². The van der Waals surface area contributed by atoms with Crippen LogP contribution in [0.4, 0.5) is 23.2 Å². The van der Waals surface area contributed by atoms with Crippen LogP contribution in [0.25, 0.3) is 0 Å². The summed E-state index contributed by atoms with van der Waals surface area (Å²) in [7, 11) is 0. The molecule has 0 bridgehead atoms. The Kier molecular flexibility index (Phi) is 11.7. The van der Waals surface area contributed by atoms with Crippen LogP contribution in [0.5, 0.6) is 5.88 Å². The minimum atomic E-state index is -4.24. The molecule has 0 saturated carbocycles. The van der Waals surface area contributed by atoms with Gasteiger partial charge in [0.2, 0.25) is 11.8 Å². The number of hydrogen-bond donors (Lipinski definition) is 2. The van der Waals surface area contributed by atoms with E-state index in [1.807, 2.05) is 6.92 Å². The summed E-state index contributed by atoms with van der Waals surface area (Å²) in [5, 5.41) is 5.97. The molecule has 5 nitrogen and oxygen atoms in total. The molecule has 1 fully saturated rings. The van der Waals surface area contributed by atoms with E-state index in [4.69, 9.17) is 0 Å². The summed E-state index contributed by atoms with van der Waals surface area (Å²) in [5.74, 6) is -3.85. The maximum atomic E-state index is 12.8. The Hall–Kier alpha value is -1.32. The van der Waals surface area contributed by atoms with Crippen molar-refractivity contribution in [1.29, 1.82) is 0 Å². The number of nitrogens with zero attached hydrogens (tertiary/aromatic N) is 1. The largest absolute Gasteiger partial charge is 0.471 e. The number of rotatable bonds is 8. The van der Waals surface area contributed by atoms with Crippen LogP contribution >= 0.6 is 24.8 Å². The first kappa shape index (κ1) is 26.7. The van der Waals surface area contributed by atoms with Gasteiger partial charge in [-0.05, 0) is 43.8 Å². The van der Waals surface area contributed by atoms with E-state index in [0.717, 1.165) is 25.9 Å². The number of aromatic nitrogens is 1. The van der Waals surface area contributed by atoms with Crippen LogP contribution in [-0.4, -0.2) is 42.9 Å². The first-order chi connectivity index (χ1) is 12.3. The van der Waals surface area contributed by atoms with Gasteiger partial charge in [-0.1, -0.05) is 6.92 Å². The third-order valence-corrected chi connectivity index (χ3v) is 4.45. The highest BCUT2D eigenvalue weighted by molar-refractivity contribution is 5.90. The molecule has 162 valence electrons. The van der Waals surface area contributed by atoms with Crippen LogP contribution in [0.2, 0.25) is 0 Å². The Morgan fingerprint density at radius 2 is 1.96 bits per heavy atom. The lowest BCUT2D eigenvalue weighted by atomic mass is 9.84. The number of ether oxygens (including phenoxy) is 1. The molecule has 0 aliphatic carbocycles. The number of halogens is 6.